The highest BCUT2D eigenvalue weighted by atomic mass is 19.1. The van der Waals surface area contributed by atoms with Crippen LogP contribution in [0.2, 0.25) is 0 Å². The van der Waals surface area contributed by atoms with Gasteiger partial charge in [-0.15, -0.1) is 0 Å². The molecule has 0 fully saturated rings. The first kappa shape index (κ1) is 10.7. The predicted molar refractivity (Wildman–Crippen MR) is 51.2 cm³/mol. The Bertz CT molecular complexity index is 339. The Hall–Kier alpha value is -1.42. The van der Waals surface area contributed by atoms with Crippen LogP contribution in [0.1, 0.15) is 10.4 Å². The number of hydrogen-bond acceptors (Lipinski definition) is 3. The Labute approximate surface area is 81.9 Å². The average molecular weight is 197 g/mol. The van der Waals surface area contributed by atoms with Crippen LogP contribution in [-0.2, 0) is 0 Å². The summed E-state index contributed by atoms with van der Waals surface area (Å²) >= 11 is 0. The summed E-state index contributed by atoms with van der Waals surface area (Å²) in [5, 5.41) is 2.67. The molecule has 0 aliphatic carbocycles. The predicted octanol–water partition coefficient (Wildman–Crippen LogP) is 1.24. The summed E-state index contributed by atoms with van der Waals surface area (Å²) in [7, 11) is 3.04. The van der Waals surface area contributed by atoms with Gasteiger partial charge in [0.25, 0.3) is 0 Å². The van der Waals surface area contributed by atoms with E-state index in [4.69, 9.17) is 4.74 Å². The summed E-state index contributed by atoms with van der Waals surface area (Å²) in [4.78, 5) is 11.5. The molecule has 0 aliphatic heterocycles. The van der Waals surface area contributed by atoms with Gasteiger partial charge >= 0.3 is 0 Å². The summed E-state index contributed by atoms with van der Waals surface area (Å²) < 4.78 is 18.2. The Morgan fingerprint density at radius 3 is 2.86 bits per heavy atom. The zero-order valence-corrected chi connectivity index (χ0v) is 8.13. The zero-order chi connectivity index (χ0) is 10.6. The topological polar surface area (TPSA) is 38.3 Å². The lowest BCUT2D eigenvalue weighted by Crippen LogP contribution is -2.20. The number of nitrogens with one attached hydrogen (secondary N) is 1. The van der Waals surface area contributed by atoms with Crippen LogP contribution in [0.5, 0.6) is 5.75 Å². The van der Waals surface area contributed by atoms with Crippen LogP contribution < -0.4 is 10.1 Å². The molecule has 0 saturated heterocycles. The van der Waals surface area contributed by atoms with Gasteiger partial charge in [-0.3, -0.25) is 4.79 Å². The molecular formula is C10H12FNO2. The highest BCUT2D eigenvalue weighted by Gasteiger charge is 2.15. The third kappa shape index (κ3) is 2.09. The molecule has 0 spiro atoms. The molecule has 1 aromatic carbocycles. The summed E-state index contributed by atoms with van der Waals surface area (Å²) in [6.07, 6.45) is 0. The highest BCUT2D eigenvalue weighted by Crippen LogP contribution is 2.21. The van der Waals surface area contributed by atoms with Crippen LogP contribution in [0.15, 0.2) is 18.2 Å². The Kier molecular flexibility index (Phi) is 3.59. The van der Waals surface area contributed by atoms with Crippen molar-refractivity contribution >= 4 is 5.78 Å². The van der Waals surface area contributed by atoms with Crippen molar-refractivity contribution in [2.75, 3.05) is 20.7 Å². The van der Waals surface area contributed by atoms with E-state index in [9.17, 15) is 9.18 Å². The SMILES string of the molecule is CNCC(=O)c1c(F)cccc1OC. The van der Waals surface area contributed by atoms with Gasteiger partial charge in [0.15, 0.2) is 5.78 Å². The van der Waals surface area contributed by atoms with Gasteiger partial charge in [-0.2, -0.15) is 0 Å². The van der Waals surface area contributed by atoms with Crippen LogP contribution in [-0.4, -0.2) is 26.5 Å². The van der Waals surface area contributed by atoms with E-state index in [0.717, 1.165) is 0 Å². The lowest BCUT2D eigenvalue weighted by Gasteiger charge is -2.07. The molecule has 3 nitrogen and oxygen atoms in total. The number of likely N-dealkylation sites (N-methyl/N-ethyl adjacent to an activating group) is 1. The fourth-order valence-electron chi connectivity index (χ4n) is 1.19. The second-order valence-corrected chi connectivity index (χ2v) is 2.77. The standard InChI is InChI=1S/C10H12FNO2/c1-12-6-8(13)10-7(11)4-3-5-9(10)14-2/h3-5,12H,6H2,1-2H3. The fourth-order valence-corrected chi connectivity index (χ4v) is 1.19. The van der Waals surface area contributed by atoms with E-state index < -0.39 is 5.82 Å². The van der Waals surface area contributed by atoms with Gasteiger partial charge in [0.1, 0.15) is 11.6 Å². The fraction of sp³-hybridized carbons (Fsp3) is 0.300. The van der Waals surface area contributed by atoms with Gasteiger partial charge < -0.3 is 10.1 Å². The van der Waals surface area contributed by atoms with E-state index in [2.05, 4.69) is 5.32 Å². The molecule has 4 heteroatoms. The lowest BCUT2D eigenvalue weighted by molar-refractivity contribution is 0.0986. The maximum atomic E-state index is 13.3. The molecule has 1 rings (SSSR count). The second-order valence-electron chi connectivity index (χ2n) is 2.77. The molecule has 0 saturated carbocycles. The van der Waals surface area contributed by atoms with Crippen LogP contribution in [0, 0.1) is 5.82 Å². The lowest BCUT2D eigenvalue weighted by atomic mass is 10.1. The smallest absolute Gasteiger partial charge is 0.183 e. The summed E-state index contributed by atoms with van der Waals surface area (Å²) in [5.74, 6) is -0.600. The highest BCUT2D eigenvalue weighted by molar-refractivity contribution is 6.00. The number of carbonyl (C=O) groups is 1. The first-order chi connectivity index (χ1) is 6.70. The first-order valence-corrected chi connectivity index (χ1v) is 4.21. The van der Waals surface area contributed by atoms with Crippen LogP contribution >= 0.6 is 0 Å². The number of rotatable bonds is 4. The summed E-state index contributed by atoms with van der Waals surface area (Å²) in [6.45, 7) is 0.0945. The number of ether oxygens (including phenoxy) is 1. The first-order valence-electron chi connectivity index (χ1n) is 4.21. The number of hydrogen-bond donors (Lipinski definition) is 1. The van der Waals surface area contributed by atoms with E-state index in [-0.39, 0.29) is 23.6 Å². The van der Waals surface area contributed by atoms with Crippen molar-refractivity contribution < 1.29 is 13.9 Å². The number of benzene rings is 1. The molecule has 0 atom stereocenters. The van der Waals surface area contributed by atoms with Gasteiger partial charge in [-0.25, -0.2) is 4.39 Å². The minimum atomic E-state index is -0.551. The largest absolute Gasteiger partial charge is 0.496 e. The van der Waals surface area contributed by atoms with Crippen molar-refractivity contribution in [3.8, 4) is 5.75 Å². The van der Waals surface area contributed by atoms with Crippen molar-refractivity contribution in [1.82, 2.24) is 5.32 Å². The van der Waals surface area contributed by atoms with Gasteiger partial charge in [0, 0.05) is 0 Å². The van der Waals surface area contributed by atoms with Gasteiger partial charge in [-0.05, 0) is 19.2 Å². The Morgan fingerprint density at radius 1 is 1.57 bits per heavy atom. The summed E-state index contributed by atoms with van der Waals surface area (Å²) in [5.41, 5.74) is 0.00403. The molecule has 1 aromatic rings. The molecule has 0 bridgehead atoms. The molecule has 0 radical (unpaired) electrons. The van der Waals surface area contributed by atoms with Crippen molar-refractivity contribution in [2.24, 2.45) is 0 Å². The Balaban J connectivity index is 3.10. The maximum Gasteiger partial charge on any atom is 0.183 e. The molecule has 76 valence electrons. The number of Topliss-reactive ketones (excluding diaryl/α,β-unsaturated/α-hetero) is 1. The van der Waals surface area contributed by atoms with E-state index in [0.29, 0.717) is 0 Å². The van der Waals surface area contributed by atoms with E-state index in [1.165, 1.54) is 19.2 Å². The minimum absolute atomic E-state index is 0.00403. The average Bonchev–Trinajstić information content (AvgIpc) is 2.17. The molecule has 14 heavy (non-hydrogen) atoms. The quantitative estimate of drug-likeness (QED) is 0.738. The maximum absolute atomic E-state index is 13.3. The number of halogens is 1. The van der Waals surface area contributed by atoms with Gasteiger partial charge in [0.05, 0.1) is 19.2 Å². The van der Waals surface area contributed by atoms with Gasteiger partial charge in [-0.1, -0.05) is 6.07 Å². The van der Waals surface area contributed by atoms with Gasteiger partial charge in [0.2, 0.25) is 0 Å². The molecule has 0 aromatic heterocycles. The molecule has 0 aliphatic rings. The number of carbonyl (C=O) groups excluding carboxylic acids is 1. The molecule has 0 amide bonds. The Morgan fingerprint density at radius 2 is 2.29 bits per heavy atom. The van der Waals surface area contributed by atoms with E-state index in [1.54, 1.807) is 13.1 Å². The zero-order valence-electron chi connectivity index (χ0n) is 8.13. The van der Waals surface area contributed by atoms with Crippen LogP contribution in [0.3, 0.4) is 0 Å². The van der Waals surface area contributed by atoms with E-state index >= 15 is 0 Å². The molecule has 0 heterocycles. The monoisotopic (exact) mass is 197 g/mol. The van der Waals surface area contributed by atoms with Crippen molar-refractivity contribution in [1.29, 1.82) is 0 Å². The van der Waals surface area contributed by atoms with Crippen molar-refractivity contribution in [2.45, 2.75) is 0 Å². The van der Waals surface area contributed by atoms with Crippen LogP contribution in [0.4, 0.5) is 4.39 Å². The third-order valence-corrected chi connectivity index (χ3v) is 1.81. The second kappa shape index (κ2) is 4.72. The van der Waals surface area contributed by atoms with Crippen molar-refractivity contribution in [3.05, 3.63) is 29.6 Å². The van der Waals surface area contributed by atoms with E-state index in [1.807, 2.05) is 0 Å². The third-order valence-electron chi connectivity index (χ3n) is 1.81. The molecule has 1 N–H and O–H groups in total. The molecule has 0 unspecified atom stereocenters. The van der Waals surface area contributed by atoms with Crippen LogP contribution in [0.25, 0.3) is 0 Å². The number of ketones is 1. The van der Waals surface area contributed by atoms with Crippen molar-refractivity contribution in [3.63, 3.8) is 0 Å². The number of methoxy groups -OCH3 is 1. The molecular weight excluding hydrogens is 185 g/mol. The summed E-state index contributed by atoms with van der Waals surface area (Å²) in [6, 6.07) is 4.31. The minimum Gasteiger partial charge on any atom is -0.496 e. The normalized spacial score (nSPS) is 9.93.